The van der Waals surface area contributed by atoms with E-state index in [4.69, 9.17) is 10.5 Å². The Morgan fingerprint density at radius 2 is 2.00 bits per heavy atom. The van der Waals surface area contributed by atoms with E-state index in [2.05, 4.69) is 24.8 Å². The molecule has 0 unspecified atom stereocenters. The zero-order valence-electron chi connectivity index (χ0n) is 11.2. The molecule has 0 spiro atoms. The van der Waals surface area contributed by atoms with Gasteiger partial charge in [-0.3, -0.25) is 0 Å². The molecular weight excluding hydrogens is 212 g/mol. The molecule has 0 saturated heterocycles. The molecule has 0 saturated carbocycles. The summed E-state index contributed by atoms with van der Waals surface area (Å²) in [5.74, 6) is 0.792. The summed E-state index contributed by atoms with van der Waals surface area (Å²) in [4.78, 5) is 2.35. The van der Waals surface area contributed by atoms with Gasteiger partial charge in [-0.25, -0.2) is 0 Å². The number of nitrogen functional groups attached to an aromatic ring is 1. The Hall–Kier alpha value is -1.38. The first kappa shape index (κ1) is 13.7. The maximum Gasteiger partial charge on any atom is 0.144 e. The van der Waals surface area contributed by atoms with E-state index < -0.39 is 0 Å². The first-order valence-electron chi connectivity index (χ1n) is 6.50. The summed E-state index contributed by atoms with van der Waals surface area (Å²) in [6.45, 7) is 9.10. The van der Waals surface area contributed by atoms with Crippen LogP contribution in [-0.2, 0) is 0 Å². The molecule has 0 amide bonds. The fraction of sp³-hybridized carbons (Fsp3) is 0.571. The van der Waals surface area contributed by atoms with Crippen LogP contribution in [0.3, 0.4) is 0 Å². The van der Waals surface area contributed by atoms with Crippen molar-refractivity contribution in [2.45, 2.75) is 33.6 Å². The van der Waals surface area contributed by atoms with Crippen molar-refractivity contribution in [3.05, 3.63) is 18.2 Å². The van der Waals surface area contributed by atoms with Gasteiger partial charge in [-0.15, -0.1) is 0 Å². The van der Waals surface area contributed by atoms with Crippen molar-refractivity contribution in [1.29, 1.82) is 0 Å². The Balaban J connectivity index is 2.84. The summed E-state index contributed by atoms with van der Waals surface area (Å²) in [6.07, 6.45) is 2.42. The number of benzene rings is 1. The highest BCUT2D eigenvalue weighted by atomic mass is 16.5. The van der Waals surface area contributed by atoms with Crippen molar-refractivity contribution in [1.82, 2.24) is 0 Å². The Bertz CT molecular complexity index is 339. The van der Waals surface area contributed by atoms with E-state index in [9.17, 15) is 0 Å². The lowest BCUT2D eigenvalue weighted by molar-refractivity contribution is 0.342. The lowest BCUT2D eigenvalue weighted by Gasteiger charge is -2.23. The summed E-state index contributed by atoms with van der Waals surface area (Å²) in [7, 11) is 0. The molecule has 1 aromatic rings. The van der Waals surface area contributed by atoms with Crippen molar-refractivity contribution in [3.63, 3.8) is 0 Å². The van der Waals surface area contributed by atoms with Gasteiger partial charge in [-0.2, -0.15) is 0 Å². The number of nitrogens with zero attached hydrogens (tertiary/aromatic N) is 1. The van der Waals surface area contributed by atoms with Crippen molar-refractivity contribution < 1.29 is 4.74 Å². The van der Waals surface area contributed by atoms with Gasteiger partial charge in [-0.1, -0.05) is 13.3 Å². The molecule has 0 bridgehead atoms. The van der Waals surface area contributed by atoms with Crippen molar-refractivity contribution in [2.24, 2.45) is 0 Å². The standard InChI is InChI=1S/C14H24N2O/c1-4-7-10-16(5-2)12-8-9-13(15)14(11-12)17-6-3/h8-9,11H,4-7,10,15H2,1-3H3. The van der Waals surface area contributed by atoms with Gasteiger partial charge in [0.2, 0.25) is 0 Å². The summed E-state index contributed by atoms with van der Waals surface area (Å²) in [6, 6.07) is 6.03. The first-order valence-corrected chi connectivity index (χ1v) is 6.50. The highest BCUT2D eigenvalue weighted by molar-refractivity contribution is 5.62. The van der Waals surface area contributed by atoms with Gasteiger partial charge in [0.1, 0.15) is 5.75 Å². The minimum Gasteiger partial charge on any atom is -0.492 e. The highest BCUT2D eigenvalue weighted by Crippen LogP contribution is 2.27. The lowest BCUT2D eigenvalue weighted by atomic mass is 10.2. The number of unbranched alkanes of at least 4 members (excludes halogenated alkanes) is 1. The Morgan fingerprint density at radius 1 is 1.24 bits per heavy atom. The molecule has 3 heteroatoms. The second-order valence-electron chi connectivity index (χ2n) is 4.09. The fourth-order valence-corrected chi connectivity index (χ4v) is 1.82. The van der Waals surface area contributed by atoms with Crippen LogP contribution >= 0.6 is 0 Å². The Labute approximate surface area is 105 Å². The molecule has 0 aliphatic heterocycles. The van der Waals surface area contributed by atoms with Crippen LogP contribution in [0.25, 0.3) is 0 Å². The maximum atomic E-state index is 5.87. The van der Waals surface area contributed by atoms with Crippen LogP contribution < -0.4 is 15.4 Å². The van der Waals surface area contributed by atoms with E-state index in [1.54, 1.807) is 0 Å². The van der Waals surface area contributed by atoms with E-state index in [-0.39, 0.29) is 0 Å². The third-order valence-electron chi connectivity index (χ3n) is 2.83. The van der Waals surface area contributed by atoms with Crippen LogP contribution in [0, 0.1) is 0 Å². The quantitative estimate of drug-likeness (QED) is 0.738. The molecule has 0 aliphatic carbocycles. The van der Waals surface area contributed by atoms with E-state index in [1.807, 2.05) is 19.1 Å². The molecule has 0 atom stereocenters. The van der Waals surface area contributed by atoms with Gasteiger partial charge in [0, 0.05) is 24.8 Å². The van der Waals surface area contributed by atoms with Gasteiger partial charge in [0.15, 0.2) is 0 Å². The van der Waals surface area contributed by atoms with E-state index in [0.717, 1.165) is 18.8 Å². The molecule has 0 aliphatic rings. The molecule has 1 rings (SSSR count). The van der Waals surface area contributed by atoms with Gasteiger partial charge >= 0.3 is 0 Å². The lowest BCUT2D eigenvalue weighted by Crippen LogP contribution is -2.23. The van der Waals surface area contributed by atoms with Crippen LogP contribution in [0.5, 0.6) is 5.75 Å². The van der Waals surface area contributed by atoms with Crippen molar-refractivity contribution in [3.8, 4) is 5.75 Å². The zero-order chi connectivity index (χ0) is 12.7. The SMILES string of the molecule is CCCCN(CC)c1ccc(N)c(OCC)c1. The number of ether oxygens (including phenoxy) is 1. The Kier molecular flexibility index (Phi) is 5.67. The molecule has 3 nitrogen and oxygen atoms in total. The fourth-order valence-electron chi connectivity index (χ4n) is 1.82. The number of rotatable bonds is 7. The monoisotopic (exact) mass is 236 g/mol. The van der Waals surface area contributed by atoms with E-state index in [0.29, 0.717) is 12.3 Å². The number of hydrogen-bond acceptors (Lipinski definition) is 3. The molecule has 0 heterocycles. The molecule has 2 N–H and O–H groups in total. The smallest absolute Gasteiger partial charge is 0.144 e. The number of anilines is 2. The third-order valence-corrected chi connectivity index (χ3v) is 2.83. The van der Waals surface area contributed by atoms with Gasteiger partial charge in [-0.05, 0) is 32.4 Å². The van der Waals surface area contributed by atoms with Crippen molar-refractivity contribution in [2.75, 3.05) is 30.3 Å². The predicted molar refractivity (Wildman–Crippen MR) is 74.8 cm³/mol. The van der Waals surface area contributed by atoms with Crippen LogP contribution in [-0.4, -0.2) is 19.7 Å². The summed E-state index contributed by atoms with van der Waals surface area (Å²) in [5, 5.41) is 0. The maximum absolute atomic E-state index is 5.87. The molecule has 96 valence electrons. The van der Waals surface area contributed by atoms with Gasteiger partial charge in [0.25, 0.3) is 0 Å². The average Bonchev–Trinajstić information content (AvgIpc) is 2.34. The number of hydrogen-bond donors (Lipinski definition) is 1. The van der Waals surface area contributed by atoms with Gasteiger partial charge in [0.05, 0.1) is 12.3 Å². The molecule has 17 heavy (non-hydrogen) atoms. The highest BCUT2D eigenvalue weighted by Gasteiger charge is 2.07. The molecule has 1 aromatic carbocycles. The first-order chi connectivity index (χ1) is 8.22. The number of nitrogens with two attached hydrogens (primary N) is 1. The predicted octanol–water partition coefficient (Wildman–Crippen LogP) is 3.29. The van der Waals surface area contributed by atoms with Crippen LogP contribution in [0.1, 0.15) is 33.6 Å². The van der Waals surface area contributed by atoms with E-state index >= 15 is 0 Å². The summed E-state index contributed by atoms with van der Waals surface area (Å²) < 4.78 is 5.52. The minimum absolute atomic E-state index is 0.648. The topological polar surface area (TPSA) is 38.5 Å². The van der Waals surface area contributed by atoms with Crippen molar-refractivity contribution >= 4 is 11.4 Å². The molecule has 0 radical (unpaired) electrons. The second-order valence-corrected chi connectivity index (χ2v) is 4.09. The largest absolute Gasteiger partial charge is 0.492 e. The van der Waals surface area contributed by atoms with Gasteiger partial charge < -0.3 is 15.4 Å². The molecule has 0 aromatic heterocycles. The minimum atomic E-state index is 0.648. The normalized spacial score (nSPS) is 10.3. The third kappa shape index (κ3) is 3.84. The zero-order valence-corrected chi connectivity index (χ0v) is 11.2. The van der Waals surface area contributed by atoms with Crippen LogP contribution in [0.2, 0.25) is 0 Å². The summed E-state index contributed by atoms with van der Waals surface area (Å²) in [5.41, 5.74) is 7.78. The van der Waals surface area contributed by atoms with Crippen LogP contribution in [0.15, 0.2) is 18.2 Å². The molecule has 0 fully saturated rings. The average molecular weight is 236 g/mol. The second kappa shape index (κ2) is 7.05. The molecular formula is C14H24N2O. The van der Waals surface area contributed by atoms with E-state index in [1.165, 1.54) is 18.5 Å². The van der Waals surface area contributed by atoms with Crippen LogP contribution in [0.4, 0.5) is 11.4 Å². The summed E-state index contributed by atoms with van der Waals surface area (Å²) >= 11 is 0. The Morgan fingerprint density at radius 3 is 2.59 bits per heavy atom.